The summed E-state index contributed by atoms with van der Waals surface area (Å²) in [6, 6.07) is 9.31. The largest absolute Gasteiger partial charge is 0.466 e. The van der Waals surface area contributed by atoms with Crippen molar-refractivity contribution in [2.75, 3.05) is 6.61 Å². The highest BCUT2D eigenvalue weighted by molar-refractivity contribution is 5.75. The van der Waals surface area contributed by atoms with Crippen LogP contribution in [0.3, 0.4) is 0 Å². The number of ether oxygens (including phenoxy) is 2. The van der Waals surface area contributed by atoms with E-state index >= 15 is 0 Å². The van der Waals surface area contributed by atoms with Crippen molar-refractivity contribution < 1.29 is 19.1 Å². The summed E-state index contributed by atoms with van der Waals surface area (Å²) in [6.45, 7) is 2.38. The number of carbonyl (C=O) groups is 2. The first-order valence-electron chi connectivity index (χ1n) is 7.84. The zero-order valence-corrected chi connectivity index (χ0v) is 12.9. The monoisotopic (exact) mass is 305 g/mol. The molecule has 0 saturated heterocycles. The van der Waals surface area contributed by atoms with E-state index in [1.165, 1.54) is 0 Å². The van der Waals surface area contributed by atoms with Crippen molar-refractivity contribution in [3.63, 3.8) is 0 Å². The van der Waals surface area contributed by atoms with Gasteiger partial charge in [0, 0.05) is 6.04 Å². The lowest BCUT2D eigenvalue weighted by molar-refractivity contribution is -0.150. The Hall–Kier alpha value is -2.04. The molecule has 0 bridgehead atoms. The Morgan fingerprint density at radius 2 is 1.86 bits per heavy atom. The molecule has 5 heteroatoms. The molecule has 1 fully saturated rings. The quantitative estimate of drug-likeness (QED) is 0.849. The van der Waals surface area contributed by atoms with Gasteiger partial charge in [-0.1, -0.05) is 43.2 Å². The van der Waals surface area contributed by atoms with Gasteiger partial charge in [-0.15, -0.1) is 0 Å². The second kappa shape index (κ2) is 8.41. The van der Waals surface area contributed by atoms with Crippen LogP contribution in [0, 0.1) is 5.92 Å². The molecule has 1 aliphatic carbocycles. The molecule has 0 aliphatic heterocycles. The molecule has 2 atom stereocenters. The fourth-order valence-corrected chi connectivity index (χ4v) is 2.75. The second-order valence-electron chi connectivity index (χ2n) is 5.46. The molecule has 1 amide bonds. The summed E-state index contributed by atoms with van der Waals surface area (Å²) in [5.41, 5.74) is 0.934. The van der Waals surface area contributed by atoms with Gasteiger partial charge in [0.05, 0.1) is 12.5 Å². The van der Waals surface area contributed by atoms with Gasteiger partial charge in [0.2, 0.25) is 0 Å². The van der Waals surface area contributed by atoms with Crippen LogP contribution in [0.25, 0.3) is 0 Å². The lowest BCUT2D eigenvalue weighted by Gasteiger charge is -2.30. The van der Waals surface area contributed by atoms with E-state index in [1.54, 1.807) is 6.92 Å². The van der Waals surface area contributed by atoms with Crippen LogP contribution in [0.5, 0.6) is 0 Å². The molecule has 1 aromatic carbocycles. The van der Waals surface area contributed by atoms with Crippen LogP contribution in [0.15, 0.2) is 30.3 Å². The van der Waals surface area contributed by atoms with Crippen molar-refractivity contribution in [3.05, 3.63) is 35.9 Å². The lowest BCUT2D eigenvalue weighted by Crippen LogP contribution is -2.45. The molecular formula is C17H23NO4. The Morgan fingerprint density at radius 3 is 2.59 bits per heavy atom. The van der Waals surface area contributed by atoms with Crippen LogP contribution >= 0.6 is 0 Å². The minimum atomic E-state index is -0.481. The number of rotatable bonds is 5. The molecular weight excluding hydrogens is 282 g/mol. The predicted octanol–water partition coefficient (Wildman–Crippen LogP) is 3.03. The van der Waals surface area contributed by atoms with Gasteiger partial charge >= 0.3 is 12.1 Å². The minimum Gasteiger partial charge on any atom is -0.466 e. The van der Waals surface area contributed by atoms with E-state index in [9.17, 15) is 9.59 Å². The van der Waals surface area contributed by atoms with Crippen LogP contribution in [0.2, 0.25) is 0 Å². The maximum atomic E-state index is 12.0. The Labute approximate surface area is 131 Å². The van der Waals surface area contributed by atoms with Gasteiger partial charge in [-0.2, -0.15) is 0 Å². The molecule has 0 heterocycles. The zero-order chi connectivity index (χ0) is 15.8. The number of carbonyl (C=O) groups excluding carboxylic acids is 2. The molecule has 1 aliphatic rings. The molecule has 1 N–H and O–H groups in total. The highest BCUT2D eigenvalue weighted by Gasteiger charge is 2.33. The van der Waals surface area contributed by atoms with Crippen molar-refractivity contribution in [1.82, 2.24) is 5.32 Å². The van der Waals surface area contributed by atoms with E-state index in [2.05, 4.69) is 5.32 Å². The predicted molar refractivity (Wildman–Crippen MR) is 82.1 cm³/mol. The molecule has 0 radical (unpaired) electrons. The van der Waals surface area contributed by atoms with E-state index in [0.717, 1.165) is 31.2 Å². The highest BCUT2D eigenvalue weighted by atomic mass is 16.5. The summed E-state index contributed by atoms with van der Waals surface area (Å²) < 4.78 is 10.3. The Balaban J connectivity index is 1.84. The second-order valence-corrected chi connectivity index (χ2v) is 5.46. The normalized spacial score (nSPS) is 21.0. The van der Waals surface area contributed by atoms with Gasteiger partial charge in [-0.25, -0.2) is 4.79 Å². The van der Waals surface area contributed by atoms with Crippen molar-refractivity contribution in [3.8, 4) is 0 Å². The average molecular weight is 305 g/mol. The molecule has 0 unspecified atom stereocenters. The highest BCUT2D eigenvalue weighted by Crippen LogP contribution is 2.25. The topological polar surface area (TPSA) is 64.6 Å². The van der Waals surface area contributed by atoms with Crippen molar-refractivity contribution >= 4 is 12.1 Å². The van der Waals surface area contributed by atoms with Crippen LogP contribution in [-0.2, 0) is 20.9 Å². The fourth-order valence-electron chi connectivity index (χ4n) is 2.75. The number of benzene rings is 1. The van der Waals surface area contributed by atoms with Crippen LogP contribution in [-0.4, -0.2) is 24.7 Å². The van der Waals surface area contributed by atoms with E-state index < -0.39 is 6.09 Å². The summed E-state index contributed by atoms with van der Waals surface area (Å²) in [5.74, 6) is -0.492. The smallest absolute Gasteiger partial charge is 0.407 e. The average Bonchev–Trinajstić information content (AvgIpc) is 2.54. The summed E-state index contributed by atoms with van der Waals surface area (Å²) in [6.07, 6.45) is 3.04. The zero-order valence-electron chi connectivity index (χ0n) is 12.9. The van der Waals surface area contributed by atoms with Crippen LogP contribution in [0.4, 0.5) is 4.79 Å². The van der Waals surface area contributed by atoms with E-state index in [1.807, 2.05) is 30.3 Å². The third-order valence-corrected chi connectivity index (χ3v) is 3.87. The molecule has 1 saturated carbocycles. The van der Waals surface area contributed by atoms with E-state index in [4.69, 9.17) is 9.47 Å². The van der Waals surface area contributed by atoms with Crippen molar-refractivity contribution in [1.29, 1.82) is 0 Å². The molecule has 120 valence electrons. The van der Waals surface area contributed by atoms with Gasteiger partial charge in [0.1, 0.15) is 6.61 Å². The first kappa shape index (κ1) is 16.3. The Kier molecular flexibility index (Phi) is 6.25. The Bertz CT molecular complexity index is 489. The molecule has 0 aromatic heterocycles. The molecule has 22 heavy (non-hydrogen) atoms. The SMILES string of the molecule is CCOC(=O)[C@@H]1CCCC[C@H]1NC(=O)OCc1ccccc1. The van der Waals surface area contributed by atoms with Crippen molar-refractivity contribution in [2.24, 2.45) is 5.92 Å². The van der Waals surface area contributed by atoms with Gasteiger partial charge in [-0.3, -0.25) is 4.79 Å². The fraction of sp³-hybridized carbons (Fsp3) is 0.529. The minimum absolute atomic E-state index is 0.198. The van der Waals surface area contributed by atoms with Gasteiger partial charge in [0.15, 0.2) is 0 Å². The molecule has 1 aromatic rings. The molecule has 5 nitrogen and oxygen atoms in total. The molecule has 2 rings (SSSR count). The van der Waals surface area contributed by atoms with Crippen LogP contribution < -0.4 is 5.32 Å². The van der Waals surface area contributed by atoms with Crippen molar-refractivity contribution in [2.45, 2.75) is 45.3 Å². The standard InChI is InChI=1S/C17H23NO4/c1-2-21-16(19)14-10-6-7-11-15(14)18-17(20)22-12-13-8-4-3-5-9-13/h3-5,8-9,14-15H,2,6-7,10-12H2,1H3,(H,18,20)/t14-,15-/m1/s1. The number of hydrogen-bond acceptors (Lipinski definition) is 4. The van der Waals surface area contributed by atoms with E-state index in [0.29, 0.717) is 6.61 Å². The summed E-state index contributed by atoms with van der Waals surface area (Å²) in [7, 11) is 0. The maximum Gasteiger partial charge on any atom is 0.407 e. The maximum absolute atomic E-state index is 12.0. The van der Waals surface area contributed by atoms with Crippen LogP contribution in [0.1, 0.15) is 38.2 Å². The molecule has 0 spiro atoms. The summed E-state index contributed by atoms with van der Waals surface area (Å²) in [4.78, 5) is 23.9. The Morgan fingerprint density at radius 1 is 1.14 bits per heavy atom. The van der Waals surface area contributed by atoms with Gasteiger partial charge in [-0.05, 0) is 25.3 Å². The number of alkyl carbamates (subject to hydrolysis) is 1. The van der Waals surface area contributed by atoms with E-state index in [-0.39, 0.29) is 24.5 Å². The third kappa shape index (κ3) is 4.76. The first-order chi connectivity index (χ1) is 10.7. The number of nitrogens with one attached hydrogen (secondary N) is 1. The first-order valence-corrected chi connectivity index (χ1v) is 7.84. The summed E-state index contributed by atoms with van der Waals surface area (Å²) in [5, 5.41) is 2.82. The van der Waals surface area contributed by atoms with Gasteiger partial charge in [0.25, 0.3) is 0 Å². The lowest BCUT2D eigenvalue weighted by atomic mass is 9.84. The number of esters is 1. The number of amides is 1. The number of hydrogen-bond donors (Lipinski definition) is 1. The summed E-state index contributed by atoms with van der Waals surface area (Å²) >= 11 is 0. The third-order valence-electron chi connectivity index (χ3n) is 3.87. The van der Waals surface area contributed by atoms with Gasteiger partial charge < -0.3 is 14.8 Å².